The number of aromatic amines is 1. The predicted octanol–water partition coefficient (Wildman–Crippen LogP) is 1.80. The molecule has 1 aliphatic rings. The maximum atomic E-state index is 5.83. The number of thioether (sulfide) groups is 1. The van der Waals surface area contributed by atoms with Crippen molar-refractivity contribution >= 4 is 11.8 Å². The van der Waals surface area contributed by atoms with Crippen molar-refractivity contribution in [2.45, 2.75) is 42.5 Å². The van der Waals surface area contributed by atoms with Gasteiger partial charge in [0.2, 0.25) is 0 Å². The summed E-state index contributed by atoms with van der Waals surface area (Å²) < 4.78 is 0. The first-order valence-corrected chi connectivity index (χ1v) is 6.50. The summed E-state index contributed by atoms with van der Waals surface area (Å²) in [7, 11) is 0. The molecule has 1 heterocycles. The molecule has 0 bridgehead atoms. The Bertz CT molecular complexity index is 275. The molecule has 1 aliphatic carbocycles. The minimum atomic E-state index is 0.616. The number of nitrogens with zero attached hydrogens (tertiary/aromatic N) is 2. The van der Waals surface area contributed by atoms with Gasteiger partial charge in [-0.3, -0.25) is 5.10 Å². The number of rotatable bonds is 3. The number of H-pyrrole nitrogens is 1. The van der Waals surface area contributed by atoms with E-state index in [9.17, 15) is 0 Å². The van der Waals surface area contributed by atoms with Crippen LogP contribution in [0.1, 0.15) is 32.1 Å². The molecule has 0 saturated heterocycles. The molecule has 0 aliphatic heterocycles. The fourth-order valence-corrected chi connectivity index (χ4v) is 3.39. The molecular weight excluding hydrogens is 208 g/mol. The molecule has 0 amide bonds. The Balaban J connectivity index is 1.97. The first-order valence-electron chi connectivity index (χ1n) is 5.62. The van der Waals surface area contributed by atoms with Gasteiger partial charge in [0.15, 0.2) is 5.16 Å². The molecule has 3 N–H and O–H groups in total. The van der Waals surface area contributed by atoms with Gasteiger partial charge in [-0.05, 0) is 25.3 Å². The Hall–Kier alpha value is -0.550. The van der Waals surface area contributed by atoms with Gasteiger partial charge in [-0.1, -0.05) is 31.0 Å². The third-order valence-corrected chi connectivity index (χ3v) is 4.39. The summed E-state index contributed by atoms with van der Waals surface area (Å²) in [5.41, 5.74) is 5.83. The molecule has 1 fully saturated rings. The highest BCUT2D eigenvalue weighted by atomic mass is 32.2. The van der Waals surface area contributed by atoms with E-state index in [4.69, 9.17) is 5.73 Å². The van der Waals surface area contributed by atoms with Gasteiger partial charge in [-0.25, -0.2) is 4.98 Å². The summed E-state index contributed by atoms with van der Waals surface area (Å²) in [6, 6.07) is 0. The summed E-state index contributed by atoms with van der Waals surface area (Å²) in [6.07, 6.45) is 8.09. The highest BCUT2D eigenvalue weighted by molar-refractivity contribution is 7.99. The molecule has 0 aromatic carbocycles. The van der Waals surface area contributed by atoms with Crippen LogP contribution < -0.4 is 5.73 Å². The van der Waals surface area contributed by atoms with E-state index in [0.717, 1.165) is 11.7 Å². The quantitative estimate of drug-likeness (QED) is 0.771. The Morgan fingerprint density at radius 1 is 1.40 bits per heavy atom. The maximum Gasteiger partial charge on any atom is 0.183 e. The highest BCUT2D eigenvalue weighted by Crippen LogP contribution is 2.34. The van der Waals surface area contributed by atoms with Gasteiger partial charge in [0.1, 0.15) is 6.33 Å². The zero-order valence-electron chi connectivity index (χ0n) is 8.85. The smallest absolute Gasteiger partial charge is 0.183 e. The van der Waals surface area contributed by atoms with Crippen LogP contribution in [0, 0.1) is 5.92 Å². The van der Waals surface area contributed by atoms with E-state index in [-0.39, 0.29) is 0 Å². The predicted molar refractivity (Wildman–Crippen MR) is 61.7 cm³/mol. The van der Waals surface area contributed by atoms with E-state index in [1.54, 1.807) is 6.33 Å². The number of aromatic nitrogens is 3. The van der Waals surface area contributed by atoms with Crippen molar-refractivity contribution in [3.63, 3.8) is 0 Å². The minimum Gasteiger partial charge on any atom is -0.330 e. The van der Waals surface area contributed by atoms with E-state index in [1.165, 1.54) is 32.1 Å². The summed E-state index contributed by atoms with van der Waals surface area (Å²) in [5.74, 6) is 0.641. The average molecular weight is 226 g/mol. The zero-order valence-corrected chi connectivity index (χ0v) is 9.67. The Labute approximate surface area is 94.4 Å². The average Bonchev–Trinajstić information content (AvgIpc) is 2.64. The summed E-state index contributed by atoms with van der Waals surface area (Å²) in [6.45, 7) is 0.797. The maximum absolute atomic E-state index is 5.83. The first kappa shape index (κ1) is 11.0. The van der Waals surface area contributed by atoms with Gasteiger partial charge >= 0.3 is 0 Å². The van der Waals surface area contributed by atoms with Gasteiger partial charge in [0.25, 0.3) is 0 Å². The van der Waals surface area contributed by atoms with Gasteiger partial charge in [0, 0.05) is 5.25 Å². The van der Waals surface area contributed by atoms with Crippen LogP contribution in [-0.4, -0.2) is 27.0 Å². The fraction of sp³-hybridized carbons (Fsp3) is 0.800. The van der Waals surface area contributed by atoms with Crippen molar-refractivity contribution in [3.05, 3.63) is 6.33 Å². The standard InChI is InChI=1S/C10H18N4S/c11-6-8-4-2-1-3-5-9(8)15-10-12-7-13-14-10/h7-9H,1-6,11H2,(H,12,13,14). The van der Waals surface area contributed by atoms with E-state index in [0.29, 0.717) is 11.2 Å². The molecule has 15 heavy (non-hydrogen) atoms. The van der Waals surface area contributed by atoms with Gasteiger partial charge in [-0.2, -0.15) is 5.10 Å². The Kier molecular flexibility index (Phi) is 4.02. The molecule has 84 valence electrons. The minimum absolute atomic E-state index is 0.616. The lowest BCUT2D eigenvalue weighted by Crippen LogP contribution is -2.24. The third kappa shape index (κ3) is 2.95. The molecule has 5 heteroatoms. The fourth-order valence-electron chi connectivity index (χ4n) is 2.17. The van der Waals surface area contributed by atoms with Crippen molar-refractivity contribution in [2.24, 2.45) is 11.7 Å². The molecule has 2 rings (SSSR count). The molecule has 2 unspecified atom stereocenters. The second kappa shape index (κ2) is 5.51. The van der Waals surface area contributed by atoms with Crippen LogP contribution in [-0.2, 0) is 0 Å². The van der Waals surface area contributed by atoms with Crippen molar-refractivity contribution in [3.8, 4) is 0 Å². The SMILES string of the molecule is NCC1CCCCCC1Sc1ncn[nH]1. The van der Waals surface area contributed by atoms with E-state index in [2.05, 4.69) is 15.2 Å². The van der Waals surface area contributed by atoms with Crippen LogP contribution in [0.3, 0.4) is 0 Å². The van der Waals surface area contributed by atoms with Crippen molar-refractivity contribution < 1.29 is 0 Å². The van der Waals surface area contributed by atoms with Crippen molar-refractivity contribution in [2.75, 3.05) is 6.54 Å². The van der Waals surface area contributed by atoms with Crippen LogP contribution in [0.2, 0.25) is 0 Å². The van der Waals surface area contributed by atoms with Crippen LogP contribution in [0.15, 0.2) is 11.5 Å². The van der Waals surface area contributed by atoms with Gasteiger partial charge in [-0.15, -0.1) is 0 Å². The highest BCUT2D eigenvalue weighted by Gasteiger charge is 2.24. The van der Waals surface area contributed by atoms with Crippen molar-refractivity contribution in [1.29, 1.82) is 0 Å². The van der Waals surface area contributed by atoms with E-state index in [1.807, 2.05) is 11.8 Å². The van der Waals surface area contributed by atoms with Crippen LogP contribution in [0.25, 0.3) is 0 Å². The second-order valence-electron chi connectivity index (χ2n) is 4.08. The molecule has 0 spiro atoms. The Morgan fingerprint density at radius 2 is 2.27 bits per heavy atom. The van der Waals surface area contributed by atoms with Crippen LogP contribution in [0.4, 0.5) is 0 Å². The van der Waals surface area contributed by atoms with Crippen molar-refractivity contribution in [1.82, 2.24) is 15.2 Å². The number of hydrogen-bond donors (Lipinski definition) is 2. The third-order valence-electron chi connectivity index (χ3n) is 3.05. The lowest BCUT2D eigenvalue weighted by atomic mass is 10.0. The molecule has 1 aromatic rings. The van der Waals surface area contributed by atoms with Crippen LogP contribution >= 0.6 is 11.8 Å². The number of nitrogens with two attached hydrogens (primary N) is 1. The molecular formula is C10H18N4S. The van der Waals surface area contributed by atoms with E-state index < -0.39 is 0 Å². The summed E-state index contributed by atoms with van der Waals surface area (Å²) in [4.78, 5) is 4.17. The molecule has 4 nitrogen and oxygen atoms in total. The largest absolute Gasteiger partial charge is 0.330 e. The monoisotopic (exact) mass is 226 g/mol. The normalized spacial score (nSPS) is 27.5. The van der Waals surface area contributed by atoms with Gasteiger partial charge < -0.3 is 5.73 Å². The topological polar surface area (TPSA) is 67.6 Å². The van der Waals surface area contributed by atoms with E-state index >= 15 is 0 Å². The lowest BCUT2D eigenvalue weighted by molar-refractivity contribution is 0.483. The molecule has 0 radical (unpaired) electrons. The number of hydrogen-bond acceptors (Lipinski definition) is 4. The van der Waals surface area contributed by atoms with Gasteiger partial charge in [0.05, 0.1) is 0 Å². The Morgan fingerprint density at radius 3 is 3.00 bits per heavy atom. The first-order chi connectivity index (χ1) is 7.40. The van der Waals surface area contributed by atoms with Crippen LogP contribution in [0.5, 0.6) is 0 Å². The second-order valence-corrected chi connectivity index (χ2v) is 5.31. The molecule has 1 aromatic heterocycles. The summed E-state index contributed by atoms with van der Waals surface area (Å²) in [5, 5.41) is 8.33. The number of nitrogens with one attached hydrogen (secondary N) is 1. The lowest BCUT2D eigenvalue weighted by Gasteiger charge is -2.21. The molecule has 1 saturated carbocycles. The summed E-state index contributed by atoms with van der Waals surface area (Å²) >= 11 is 1.81. The molecule has 2 atom stereocenters. The zero-order chi connectivity index (χ0) is 10.5.